The molecule has 0 unspecified atom stereocenters. The Morgan fingerprint density at radius 2 is 1.66 bits per heavy atom. The average molecular weight is 402 g/mol. The van der Waals surface area contributed by atoms with Crippen LogP contribution in [0.15, 0.2) is 91.3 Å². The van der Waals surface area contributed by atoms with Crippen molar-refractivity contribution >= 4 is 23.2 Å². The van der Waals surface area contributed by atoms with Gasteiger partial charge in [-0.2, -0.15) is 0 Å². The number of nitrogens with one attached hydrogen (secondary N) is 1. The molecule has 3 aromatic carbocycles. The van der Waals surface area contributed by atoms with E-state index in [4.69, 9.17) is 16.3 Å². The van der Waals surface area contributed by atoms with Crippen LogP contribution in [0.5, 0.6) is 11.6 Å². The van der Waals surface area contributed by atoms with E-state index in [1.54, 1.807) is 54.6 Å². The molecule has 0 atom stereocenters. The van der Waals surface area contributed by atoms with Gasteiger partial charge in [0, 0.05) is 27.9 Å². The van der Waals surface area contributed by atoms with Gasteiger partial charge >= 0.3 is 0 Å². The molecule has 0 spiro atoms. The first-order chi connectivity index (χ1) is 14.2. The molecule has 4 rings (SSSR count). The van der Waals surface area contributed by atoms with Crippen LogP contribution in [0.3, 0.4) is 0 Å². The first-order valence-corrected chi connectivity index (χ1v) is 9.27. The van der Waals surface area contributed by atoms with Crippen molar-refractivity contribution in [1.29, 1.82) is 0 Å². The Morgan fingerprint density at radius 3 is 2.45 bits per heavy atom. The largest absolute Gasteiger partial charge is 0.439 e. The summed E-state index contributed by atoms with van der Waals surface area (Å²) < 4.78 is 5.85. The molecule has 6 heteroatoms. The van der Waals surface area contributed by atoms with E-state index in [1.807, 2.05) is 30.3 Å². The zero-order chi connectivity index (χ0) is 20.1. The van der Waals surface area contributed by atoms with Gasteiger partial charge in [0.05, 0.1) is 5.69 Å². The Labute approximate surface area is 173 Å². The number of carbonyl (C=O) groups excluding carboxylic acids is 1. The fraction of sp³-hybridized carbons (Fsp3) is 0. The first kappa shape index (κ1) is 18.7. The SMILES string of the molecule is O=C(Nc1ccc(Cl)cc1)c1cccc(Oc2cc(-c3ccccc3)ncn2)c1. The molecule has 0 saturated heterocycles. The molecule has 0 fully saturated rings. The number of nitrogens with zero attached hydrogens (tertiary/aromatic N) is 2. The topological polar surface area (TPSA) is 64.1 Å². The van der Waals surface area contributed by atoms with Gasteiger partial charge in [-0.3, -0.25) is 4.79 Å². The Hall–Kier alpha value is -3.70. The number of hydrogen-bond donors (Lipinski definition) is 1. The van der Waals surface area contributed by atoms with E-state index in [9.17, 15) is 4.79 Å². The van der Waals surface area contributed by atoms with Crippen molar-refractivity contribution < 1.29 is 9.53 Å². The normalized spacial score (nSPS) is 10.4. The van der Waals surface area contributed by atoms with Crippen molar-refractivity contribution in [2.75, 3.05) is 5.32 Å². The van der Waals surface area contributed by atoms with Crippen LogP contribution in [0, 0.1) is 0 Å². The lowest BCUT2D eigenvalue weighted by molar-refractivity contribution is 0.102. The second-order valence-electron chi connectivity index (χ2n) is 6.20. The molecule has 29 heavy (non-hydrogen) atoms. The van der Waals surface area contributed by atoms with Gasteiger partial charge in [-0.1, -0.05) is 48.0 Å². The van der Waals surface area contributed by atoms with Crippen molar-refractivity contribution in [3.05, 3.63) is 102 Å². The molecule has 0 aliphatic carbocycles. The van der Waals surface area contributed by atoms with Gasteiger partial charge in [-0.15, -0.1) is 0 Å². The summed E-state index contributed by atoms with van der Waals surface area (Å²) in [4.78, 5) is 21.0. The van der Waals surface area contributed by atoms with Gasteiger partial charge in [0.15, 0.2) is 0 Å². The van der Waals surface area contributed by atoms with Crippen LogP contribution in [-0.4, -0.2) is 15.9 Å². The zero-order valence-corrected chi connectivity index (χ0v) is 16.0. The zero-order valence-electron chi connectivity index (χ0n) is 15.2. The Balaban J connectivity index is 1.50. The molecule has 5 nitrogen and oxygen atoms in total. The van der Waals surface area contributed by atoms with Crippen LogP contribution in [-0.2, 0) is 0 Å². The predicted molar refractivity (Wildman–Crippen MR) is 113 cm³/mol. The second kappa shape index (κ2) is 8.54. The Kier molecular flexibility index (Phi) is 5.49. The highest BCUT2D eigenvalue weighted by Gasteiger charge is 2.09. The minimum Gasteiger partial charge on any atom is -0.439 e. The molecular weight excluding hydrogens is 386 g/mol. The van der Waals surface area contributed by atoms with Crippen molar-refractivity contribution in [3.63, 3.8) is 0 Å². The van der Waals surface area contributed by atoms with Gasteiger partial charge in [0.25, 0.3) is 5.91 Å². The number of benzene rings is 3. The minimum atomic E-state index is -0.245. The summed E-state index contributed by atoms with van der Waals surface area (Å²) in [5.74, 6) is 0.658. The highest BCUT2D eigenvalue weighted by Crippen LogP contribution is 2.24. The summed E-state index contributed by atoms with van der Waals surface area (Å²) >= 11 is 5.87. The summed E-state index contributed by atoms with van der Waals surface area (Å²) in [5, 5.41) is 3.44. The van der Waals surface area contributed by atoms with Crippen molar-refractivity contribution in [3.8, 4) is 22.9 Å². The molecule has 4 aromatic rings. The fourth-order valence-electron chi connectivity index (χ4n) is 2.72. The van der Waals surface area contributed by atoms with E-state index in [2.05, 4.69) is 15.3 Å². The lowest BCUT2D eigenvalue weighted by Crippen LogP contribution is -2.11. The summed E-state index contributed by atoms with van der Waals surface area (Å²) in [7, 11) is 0. The standard InChI is InChI=1S/C23H16ClN3O2/c24-18-9-11-19(12-10-18)27-23(28)17-7-4-8-20(13-17)29-22-14-21(25-15-26-22)16-5-2-1-3-6-16/h1-15H,(H,27,28). The maximum absolute atomic E-state index is 12.5. The number of rotatable bonds is 5. The smallest absolute Gasteiger partial charge is 0.255 e. The quantitative estimate of drug-likeness (QED) is 0.456. The number of ether oxygens (including phenoxy) is 1. The van der Waals surface area contributed by atoms with Crippen LogP contribution in [0.2, 0.25) is 5.02 Å². The lowest BCUT2D eigenvalue weighted by atomic mass is 10.1. The number of amides is 1. The van der Waals surface area contributed by atoms with Gasteiger partial charge in [0.1, 0.15) is 12.1 Å². The lowest BCUT2D eigenvalue weighted by Gasteiger charge is -2.09. The van der Waals surface area contributed by atoms with Crippen LogP contribution >= 0.6 is 11.6 Å². The first-order valence-electron chi connectivity index (χ1n) is 8.90. The van der Waals surface area contributed by atoms with Crippen molar-refractivity contribution in [1.82, 2.24) is 9.97 Å². The van der Waals surface area contributed by atoms with E-state index in [-0.39, 0.29) is 5.91 Å². The summed E-state index contributed by atoms with van der Waals surface area (Å²) in [5.41, 5.74) is 2.85. The van der Waals surface area contributed by atoms with Gasteiger partial charge in [-0.25, -0.2) is 9.97 Å². The molecule has 1 amide bonds. The third-order valence-corrected chi connectivity index (χ3v) is 4.38. The molecule has 1 N–H and O–H groups in total. The third-order valence-electron chi connectivity index (χ3n) is 4.13. The van der Waals surface area contributed by atoms with Crippen molar-refractivity contribution in [2.45, 2.75) is 0 Å². The molecule has 0 radical (unpaired) electrons. The minimum absolute atomic E-state index is 0.245. The molecule has 142 valence electrons. The maximum atomic E-state index is 12.5. The third kappa shape index (κ3) is 4.78. The van der Waals surface area contributed by atoms with E-state index in [0.29, 0.717) is 27.9 Å². The van der Waals surface area contributed by atoms with E-state index in [0.717, 1.165) is 11.3 Å². The van der Waals surface area contributed by atoms with Gasteiger partial charge in [-0.05, 0) is 42.5 Å². The molecule has 0 aliphatic heterocycles. The predicted octanol–water partition coefficient (Wildman–Crippen LogP) is 5.84. The molecule has 0 saturated carbocycles. The van der Waals surface area contributed by atoms with Gasteiger partial charge < -0.3 is 10.1 Å². The monoisotopic (exact) mass is 401 g/mol. The highest BCUT2D eigenvalue weighted by atomic mass is 35.5. The summed E-state index contributed by atoms with van der Waals surface area (Å²) in [6.07, 6.45) is 1.45. The second-order valence-corrected chi connectivity index (χ2v) is 6.63. The average Bonchev–Trinajstić information content (AvgIpc) is 2.76. The van der Waals surface area contributed by atoms with E-state index >= 15 is 0 Å². The number of carbonyl (C=O) groups is 1. The number of aromatic nitrogens is 2. The summed E-state index contributed by atoms with van der Waals surface area (Å²) in [6.45, 7) is 0. The Bertz CT molecular complexity index is 1130. The number of hydrogen-bond acceptors (Lipinski definition) is 4. The molecule has 1 aromatic heterocycles. The highest BCUT2D eigenvalue weighted by molar-refractivity contribution is 6.30. The van der Waals surface area contributed by atoms with E-state index < -0.39 is 0 Å². The van der Waals surface area contributed by atoms with Crippen LogP contribution in [0.25, 0.3) is 11.3 Å². The van der Waals surface area contributed by atoms with Crippen LogP contribution in [0.1, 0.15) is 10.4 Å². The fourth-order valence-corrected chi connectivity index (χ4v) is 2.85. The molecule has 0 aliphatic rings. The van der Waals surface area contributed by atoms with Crippen LogP contribution < -0.4 is 10.1 Å². The summed E-state index contributed by atoms with van der Waals surface area (Å²) in [6, 6.07) is 25.4. The molecular formula is C23H16ClN3O2. The van der Waals surface area contributed by atoms with Crippen molar-refractivity contribution in [2.24, 2.45) is 0 Å². The maximum Gasteiger partial charge on any atom is 0.255 e. The molecule has 0 bridgehead atoms. The number of halogens is 1. The molecule has 1 heterocycles. The van der Waals surface area contributed by atoms with Crippen LogP contribution in [0.4, 0.5) is 5.69 Å². The van der Waals surface area contributed by atoms with Gasteiger partial charge in [0.2, 0.25) is 5.88 Å². The number of anilines is 1. The van der Waals surface area contributed by atoms with E-state index in [1.165, 1.54) is 6.33 Å². The Morgan fingerprint density at radius 1 is 0.862 bits per heavy atom.